The summed E-state index contributed by atoms with van der Waals surface area (Å²) in [6, 6.07) is 29.7. The third-order valence-corrected chi connectivity index (χ3v) is 6.72. The van der Waals surface area contributed by atoms with Crippen LogP contribution >= 0.6 is 11.6 Å². The van der Waals surface area contributed by atoms with Crippen molar-refractivity contribution in [2.24, 2.45) is 0 Å². The number of benzene rings is 3. The van der Waals surface area contributed by atoms with Gasteiger partial charge in [0.2, 0.25) is 0 Å². The minimum absolute atomic E-state index is 0.726. The number of hydrogen-bond acceptors (Lipinski definition) is 0. The molecule has 0 spiro atoms. The van der Waals surface area contributed by atoms with Crippen LogP contribution in [0.1, 0.15) is 5.56 Å². The Kier molecular flexibility index (Phi) is 3.50. The predicted molar refractivity (Wildman–Crippen MR) is 132 cm³/mol. The average molecular weight is 435 g/mol. The molecular weight excluding hydrogens is 416 g/mol. The fourth-order valence-electron chi connectivity index (χ4n) is 5.04. The Hall–Kier alpha value is -3.89. The van der Waals surface area contributed by atoms with Crippen molar-refractivity contribution < 1.29 is 0 Å². The van der Waals surface area contributed by atoms with E-state index in [9.17, 15) is 0 Å². The van der Waals surface area contributed by atoms with Gasteiger partial charge in [0.05, 0.1) is 38.5 Å². The molecule has 0 radical (unpaired) electrons. The molecule has 0 atom stereocenters. The van der Waals surface area contributed by atoms with E-state index in [2.05, 4.69) is 122 Å². The summed E-state index contributed by atoms with van der Waals surface area (Å²) in [6.07, 6.45) is 4.20. The molecule has 0 aliphatic heterocycles. The Morgan fingerprint density at radius 3 is 1.47 bits per heavy atom. The van der Waals surface area contributed by atoms with Gasteiger partial charge in [0.25, 0.3) is 0 Å². The van der Waals surface area contributed by atoms with Crippen molar-refractivity contribution in [1.82, 2.24) is 17.9 Å². The van der Waals surface area contributed by atoms with E-state index in [1.54, 1.807) is 0 Å². The molecule has 0 unspecified atom stereocenters. The van der Waals surface area contributed by atoms with Crippen LogP contribution in [0.5, 0.6) is 0 Å². The number of halogens is 1. The van der Waals surface area contributed by atoms with Crippen molar-refractivity contribution in [3.8, 4) is 11.4 Å². The molecular formula is C27H19ClN4. The molecule has 7 aromatic rings. The molecule has 0 saturated carbocycles. The van der Waals surface area contributed by atoms with Crippen LogP contribution in [0, 0.1) is 6.92 Å². The third kappa shape index (κ3) is 2.22. The van der Waals surface area contributed by atoms with Crippen molar-refractivity contribution >= 4 is 45.0 Å². The van der Waals surface area contributed by atoms with Gasteiger partial charge in [-0.15, -0.1) is 0 Å². The first-order valence-corrected chi connectivity index (χ1v) is 11.0. The smallest absolute Gasteiger partial charge is 0.122 e. The highest BCUT2D eigenvalue weighted by atomic mass is 35.5. The van der Waals surface area contributed by atoms with Crippen molar-refractivity contribution in [3.63, 3.8) is 0 Å². The number of para-hydroxylation sites is 4. The topological polar surface area (TPSA) is 18.7 Å². The number of hydrogen-bond donors (Lipinski definition) is 0. The largest absolute Gasteiger partial charge is 0.301 e. The zero-order valence-corrected chi connectivity index (χ0v) is 18.2. The second-order valence-corrected chi connectivity index (χ2v) is 8.62. The number of imidazole rings is 2. The zero-order chi connectivity index (χ0) is 21.4. The lowest BCUT2D eigenvalue weighted by atomic mass is 10.1. The van der Waals surface area contributed by atoms with Crippen molar-refractivity contribution in [2.75, 3.05) is 0 Å². The van der Waals surface area contributed by atoms with Gasteiger partial charge in [0.1, 0.15) is 11.3 Å². The van der Waals surface area contributed by atoms with E-state index in [1.807, 2.05) is 0 Å². The predicted octanol–water partition coefficient (Wildman–Crippen LogP) is 7.04. The minimum atomic E-state index is 0.726. The summed E-state index contributed by atoms with van der Waals surface area (Å²) in [4.78, 5) is 0. The first-order valence-electron chi connectivity index (χ1n) is 10.7. The molecule has 0 amide bonds. The molecule has 3 aromatic carbocycles. The SMILES string of the molecule is Cc1cc(-n2c3ccccc3n3cccc23)c(Cl)c(-n2c3ccccc3n3cccc23)c1. The van der Waals surface area contributed by atoms with E-state index < -0.39 is 0 Å². The van der Waals surface area contributed by atoms with E-state index >= 15 is 0 Å². The highest BCUT2D eigenvalue weighted by Gasteiger charge is 2.20. The van der Waals surface area contributed by atoms with Crippen LogP contribution in [0.25, 0.3) is 44.7 Å². The molecule has 0 aliphatic rings. The molecule has 7 rings (SSSR count). The molecule has 0 fully saturated rings. The third-order valence-electron chi connectivity index (χ3n) is 6.34. The fraction of sp³-hybridized carbons (Fsp3) is 0.0370. The normalized spacial score (nSPS) is 12.1. The van der Waals surface area contributed by atoms with Crippen LogP contribution in [-0.2, 0) is 0 Å². The Balaban J connectivity index is 1.62. The first kappa shape index (κ1) is 17.8. The van der Waals surface area contributed by atoms with Crippen LogP contribution in [-0.4, -0.2) is 17.9 Å². The number of rotatable bonds is 2. The average Bonchev–Trinajstić information content (AvgIpc) is 3.56. The molecule has 0 saturated heterocycles. The van der Waals surface area contributed by atoms with Crippen molar-refractivity contribution in [1.29, 1.82) is 0 Å². The van der Waals surface area contributed by atoms with Gasteiger partial charge in [-0.25, -0.2) is 0 Å². The minimum Gasteiger partial charge on any atom is -0.301 e. The zero-order valence-electron chi connectivity index (χ0n) is 17.4. The molecule has 4 heterocycles. The summed E-state index contributed by atoms with van der Waals surface area (Å²) in [7, 11) is 0. The van der Waals surface area contributed by atoms with Crippen LogP contribution in [0.2, 0.25) is 5.02 Å². The van der Waals surface area contributed by atoms with E-state index in [-0.39, 0.29) is 0 Å². The number of fused-ring (bicyclic) bond motifs is 6. The second-order valence-electron chi connectivity index (χ2n) is 8.24. The summed E-state index contributed by atoms with van der Waals surface area (Å²) in [6.45, 7) is 2.13. The van der Waals surface area contributed by atoms with E-state index in [0.717, 1.165) is 55.3 Å². The van der Waals surface area contributed by atoms with Gasteiger partial charge in [-0.2, -0.15) is 0 Å². The summed E-state index contributed by atoms with van der Waals surface area (Å²) < 4.78 is 8.94. The highest BCUT2D eigenvalue weighted by molar-refractivity contribution is 6.34. The molecule has 4 nitrogen and oxygen atoms in total. The fourth-order valence-corrected chi connectivity index (χ4v) is 5.32. The van der Waals surface area contributed by atoms with Crippen LogP contribution in [0.4, 0.5) is 0 Å². The Bertz CT molecular complexity index is 1680. The maximum Gasteiger partial charge on any atom is 0.122 e. The molecule has 0 N–H and O–H groups in total. The van der Waals surface area contributed by atoms with Gasteiger partial charge in [-0.05, 0) is 73.2 Å². The number of aryl methyl sites for hydroxylation is 1. The summed E-state index contributed by atoms with van der Waals surface area (Å²) in [5, 5.41) is 0.726. The monoisotopic (exact) mass is 434 g/mol. The highest BCUT2D eigenvalue weighted by Crippen LogP contribution is 2.37. The van der Waals surface area contributed by atoms with E-state index in [0.29, 0.717) is 0 Å². The Labute approximate surface area is 189 Å². The summed E-state index contributed by atoms with van der Waals surface area (Å²) >= 11 is 7.24. The molecule has 154 valence electrons. The summed E-state index contributed by atoms with van der Waals surface area (Å²) in [5.41, 5.74) is 9.88. The van der Waals surface area contributed by atoms with Gasteiger partial charge in [-0.3, -0.25) is 9.13 Å². The molecule has 0 aliphatic carbocycles. The van der Waals surface area contributed by atoms with Gasteiger partial charge >= 0.3 is 0 Å². The van der Waals surface area contributed by atoms with Crippen LogP contribution < -0.4 is 0 Å². The maximum atomic E-state index is 7.24. The van der Waals surface area contributed by atoms with Gasteiger partial charge in [0, 0.05) is 12.4 Å². The van der Waals surface area contributed by atoms with Crippen molar-refractivity contribution in [2.45, 2.75) is 6.92 Å². The van der Waals surface area contributed by atoms with Gasteiger partial charge < -0.3 is 8.80 Å². The second kappa shape index (κ2) is 6.31. The van der Waals surface area contributed by atoms with Crippen molar-refractivity contribution in [3.05, 3.63) is 108 Å². The standard InChI is InChI=1S/C27H19ClN4/c1-18-16-23(31-21-10-4-2-8-19(21)29-14-6-12-25(29)31)27(28)24(17-18)32-22-11-5-3-9-20(22)30-15-7-13-26(30)32/h2-17H,1H3. The Morgan fingerprint density at radius 1 is 0.562 bits per heavy atom. The molecule has 4 aromatic heterocycles. The quantitative estimate of drug-likeness (QED) is 0.278. The lowest BCUT2D eigenvalue weighted by Gasteiger charge is -2.16. The van der Waals surface area contributed by atoms with Crippen LogP contribution in [0.15, 0.2) is 97.3 Å². The number of aromatic nitrogens is 4. The number of nitrogens with zero attached hydrogens (tertiary/aromatic N) is 4. The maximum absolute atomic E-state index is 7.24. The van der Waals surface area contributed by atoms with E-state index in [4.69, 9.17) is 11.6 Å². The molecule has 5 heteroatoms. The van der Waals surface area contributed by atoms with E-state index in [1.165, 1.54) is 0 Å². The molecule has 32 heavy (non-hydrogen) atoms. The lowest BCUT2D eigenvalue weighted by molar-refractivity contribution is 1.09. The lowest BCUT2D eigenvalue weighted by Crippen LogP contribution is -2.02. The first-order chi connectivity index (χ1) is 15.7. The van der Waals surface area contributed by atoms with Crippen LogP contribution in [0.3, 0.4) is 0 Å². The summed E-state index contributed by atoms with van der Waals surface area (Å²) in [5.74, 6) is 0. The van der Waals surface area contributed by atoms with Gasteiger partial charge in [0.15, 0.2) is 0 Å². The molecule has 0 bridgehead atoms. The Morgan fingerprint density at radius 2 is 1.00 bits per heavy atom. The van der Waals surface area contributed by atoms with Gasteiger partial charge in [-0.1, -0.05) is 35.9 Å².